The number of hydrogen-bond donors (Lipinski definition) is 1. The van der Waals surface area contributed by atoms with Crippen molar-refractivity contribution < 1.29 is 5.11 Å². The molecule has 12 heavy (non-hydrogen) atoms. The molecule has 1 heterocycles. The zero-order valence-corrected chi connectivity index (χ0v) is 6.73. The fraction of sp³-hybridized carbons (Fsp3) is 0.125. The Balaban J connectivity index is 3.14. The molecule has 62 valence electrons. The van der Waals surface area contributed by atoms with Gasteiger partial charge < -0.3 is 5.11 Å². The van der Waals surface area contributed by atoms with Crippen LogP contribution in [0.5, 0.6) is 0 Å². The molecule has 0 aromatic rings. The van der Waals surface area contributed by atoms with Crippen LogP contribution in [0.3, 0.4) is 0 Å². The molecule has 0 aliphatic carbocycles. The molecule has 0 aromatic carbocycles. The molecule has 0 saturated heterocycles. The van der Waals surface area contributed by atoms with Gasteiger partial charge in [-0.1, -0.05) is 0 Å². The van der Waals surface area contributed by atoms with Crippen LogP contribution in [0.4, 0.5) is 0 Å². The molecule has 1 N–H and O–H groups in total. The number of allylic oxidation sites excluding steroid dienone is 2. The quantitative estimate of drug-likeness (QED) is 0.457. The van der Waals surface area contributed by atoms with Gasteiger partial charge >= 0.3 is 0 Å². The van der Waals surface area contributed by atoms with Gasteiger partial charge in [0.05, 0.1) is 5.71 Å². The summed E-state index contributed by atoms with van der Waals surface area (Å²) in [5, 5.41) is 9.21. The van der Waals surface area contributed by atoms with E-state index < -0.39 is 0 Å². The normalized spacial score (nSPS) is 22.9. The second-order valence-electron chi connectivity index (χ2n) is 2.08. The van der Waals surface area contributed by atoms with E-state index in [1.807, 2.05) is 0 Å². The lowest BCUT2D eigenvalue weighted by Gasteiger charge is -2.04. The van der Waals surface area contributed by atoms with E-state index in [-0.39, 0.29) is 5.88 Å². The first-order valence-corrected chi connectivity index (χ1v) is 3.37. The standard InChI is InChI=1S/C8H9N3O/c1-9-6-4-3-5-11-7(6)8(12)10-2/h3-5,12H,2H2,1H3/b8-7-,9-6-. The van der Waals surface area contributed by atoms with Crippen molar-refractivity contribution in [1.29, 1.82) is 0 Å². The smallest absolute Gasteiger partial charge is 0.239 e. The molecule has 0 atom stereocenters. The summed E-state index contributed by atoms with van der Waals surface area (Å²) in [6.07, 6.45) is 5.04. The third-order valence-corrected chi connectivity index (χ3v) is 1.39. The van der Waals surface area contributed by atoms with Crippen molar-refractivity contribution >= 4 is 18.6 Å². The first kappa shape index (κ1) is 8.39. The predicted octanol–water partition coefficient (Wildman–Crippen LogP) is 1.13. The number of hydrogen-bond acceptors (Lipinski definition) is 4. The van der Waals surface area contributed by atoms with E-state index in [2.05, 4.69) is 21.7 Å². The Hall–Kier alpha value is -1.71. The molecule has 0 fully saturated rings. The van der Waals surface area contributed by atoms with Crippen LogP contribution in [-0.4, -0.2) is 30.8 Å². The number of aliphatic hydroxyl groups excluding tert-OH is 1. The van der Waals surface area contributed by atoms with Gasteiger partial charge in [0.1, 0.15) is 5.70 Å². The molecule has 0 saturated carbocycles. The first-order chi connectivity index (χ1) is 5.79. The minimum absolute atomic E-state index is 0.198. The molecule has 4 heteroatoms. The first-order valence-electron chi connectivity index (χ1n) is 3.37. The molecule has 0 spiro atoms. The predicted molar refractivity (Wildman–Crippen MR) is 50.2 cm³/mol. The van der Waals surface area contributed by atoms with Crippen molar-refractivity contribution in [3.05, 3.63) is 23.7 Å². The van der Waals surface area contributed by atoms with E-state index in [0.717, 1.165) is 0 Å². The minimum Gasteiger partial charge on any atom is -0.492 e. The number of aliphatic imine (C=N–C) groups is 3. The fourth-order valence-electron chi connectivity index (χ4n) is 0.824. The zero-order chi connectivity index (χ0) is 8.97. The summed E-state index contributed by atoms with van der Waals surface area (Å²) in [6.45, 7) is 3.19. The number of dihydropyridines is 1. The highest BCUT2D eigenvalue weighted by molar-refractivity contribution is 6.12. The van der Waals surface area contributed by atoms with E-state index in [1.165, 1.54) is 0 Å². The van der Waals surface area contributed by atoms with Crippen molar-refractivity contribution in [1.82, 2.24) is 0 Å². The Labute approximate surface area is 70.4 Å². The molecule has 0 bridgehead atoms. The Morgan fingerprint density at radius 1 is 1.67 bits per heavy atom. The summed E-state index contributed by atoms with van der Waals surface area (Å²) in [5.41, 5.74) is 0.956. The summed E-state index contributed by atoms with van der Waals surface area (Å²) >= 11 is 0. The Morgan fingerprint density at radius 2 is 2.42 bits per heavy atom. The molecule has 0 aromatic heterocycles. The summed E-state index contributed by atoms with van der Waals surface area (Å²) in [4.78, 5) is 11.2. The number of rotatable bonds is 1. The van der Waals surface area contributed by atoms with E-state index in [4.69, 9.17) is 0 Å². The van der Waals surface area contributed by atoms with Gasteiger partial charge in [0.2, 0.25) is 5.88 Å². The Morgan fingerprint density at radius 3 is 3.00 bits per heavy atom. The SMILES string of the molecule is C=N/C(O)=C1/N=CC=C/C1=N/C. The van der Waals surface area contributed by atoms with Crippen LogP contribution in [0.25, 0.3) is 0 Å². The van der Waals surface area contributed by atoms with E-state index >= 15 is 0 Å². The van der Waals surface area contributed by atoms with Gasteiger partial charge in [0.25, 0.3) is 0 Å². The molecule has 4 nitrogen and oxygen atoms in total. The summed E-state index contributed by atoms with van der Waals surface area (Å²) < 4.78 is 0. The van der Waals surface area contributed by atoms with Crippen LogP contribution < -0.4 is 0 Å². The van der Waals surface area contributed by atoms with Crippen LogP contribution in [-0.2, 0) is 0 Å². The highest BCUT2D eigenvalue weighted by Gasteiger charge is 2.09. The lowest BCUT2D eigenvalue weighted by molar-refractivity contribution is 0.403. The van der Waals surface area contributed by atoms with Crippen LogP contribution >= 0.6 is 0 Å². The molecular formula is C8H9N3O. The number of nitrogens with zero attached hydrogens (tertiary/aromatic N) is 3. The van der Waals surface area contributed by atoms with Gasteiger partial charge in [-0.2, -0.15) is 0 Å². The lowest BCUT2D eigenvalue weighted by Crippen LogP contribution is -2.04. The van der Waals surface area contributed by atoms with Crippen LogP contribution in [0, 0.1) is 0 Å². The maximum atomic E-state index is 9.21. The van der Waals surface area contributed by atoms with Gasteiger partial charge in [-0.05, 0) is 18.9 Å². The topological polar surface area (TPSA) is 57.3 Å². The Bertz CT molecular complexity index is 310. The van der Waals surface area contributed by atoms with Gasteiger partial charge in [-0.3, -0.25) is 4.99 Å². The minimum atomic E-state index is -0.198. The third kappa shape index (κ3) is 1.47. The van der Waals surface area contributed by atoms with Crippen LogP contribution in [0.1, 0.15) is 0 Å². The summed E-state index contributed by atoms with van der Waals surface area (Å²) in [5.74, 6) is -0.198. The summed E-state index contributed by atoms with van der Waals surface area (Å²) in [6, 6.07) is 0. The molecule has 1 rings (SSSR count). The molecule has 1 aliphatic heterocycles. The lowest BCUT2D eigenvalue weighted by atomic mass is 10.2. The van der Waals surface area contributed by atoms with Gasteiger partial charge in [-0.25, -0.2) is 9.98 Å². The maximum absolute atomic E-state index is 9.21. The van der Waals surface area contributed by atoms with Crippen LogP contribution in [0.15, 0.2) is 38.7 Å². The van der Waals surface area contributed by atoms with Crippen molar-refractivity contribution in [2.24, 2.45) is 15.0 Å². The van der Waals surface area contributed by atoms with Crippen LogP contribution in [0.2, 0.25) is 0 Å². The van der Waals surface area contributed by atoms with Gasteiger partial charge in [0, 0.05) is 13.3 Å². The second-order valence-corrected chi connectivity index (χ2v) is 2.08. The van der Waals surface area contributed by atoms with Crippen molar-refractivity contribution in [2.45, 2.75) is 0 Å². The zero-order valence-electron chi connectivity index (χ0n) is 6.73. The molecule has 0 radical (unpaired) electrons. The number of aliphatic hydroxyl groups is 1. The van der Waals surface area contributed by atoms with Crippen molar-refractivity contribution in [2.75, 3.05) is 7.05 Å². The maximum Gasteiger partial charge on any atom is 0.239 e. The van der Waals surface area contributed by atoms with Crippen molar-refractivity contribution in [3.8, 4) is 0 Å². The second kappa shape index (κ2) is 3.61. The van der Waals surface area contributed by atoms with E-state index in [9.17, 15) is 5.11 Å². The fourth-order valence-corrected chi connectivity index (χ4v) is 0.824. The average Bonchev–Trinajstić information content (AvgIpc) is 2.16. The molecule has 1 aliphatic rings. The third-order valence-electron chi connectivity index (χ3n) is 1.39. The molecular weight excluding hydrogens is 154 g/mol. The average molecular weight is 163 g/mol. The Kier molecular flexibility index (Phi) is 2.53. The molecule has 0 amide bonds. The van der Waals surface area contributed by atoms with Crippen molar-refractivity contribution in [3.63, 3.8) is 0 Å². The largest absolute Gasteiger partial charge is 0.492 e. The monoisotopic (exact) mass is 163 g/mol. The highest BCUT2D eigenvalue weighted by Crippen LogP contribution is 2.10. The molecule has 0 unspecified atom stereocenters. The highest BCUT2D eigenvalue weighted by atomic mass is 16.3. The van der Waals surface area contributed by atoms with Gasteiger partial charge in [-0.15, -0.1) is 0 Å². The summed E-state index contributed by atoms with van der Waals surface area (Å²) in [7, 11) is 1.62. The van der Waals surface area contributed by atoms with Gasteiger partial charge in [0.15, 0.2) is 0 Å². The van der Waals surface area contributed by atoms with E-state index in [0.29, 0.717) is 11.4 Å². The van der Waals surface area contributed by atoms with E-state index in [1.54, 1.807) is 25.4 Å².